The highest BCUT2D eigenvalue weighted by atomic mass is 32.2. The van der Waals surface area contributed by atoms with Gasteiger partial charge in [-0.15, -0.1) is 11.8 Å². The summed E-state index contributed by atoms with van der Waals surface area (Å²) >= 11 is 1.39. The molecule has 2 rings (SSSR count). The zero-order valence-electron chi connectivity index (χ0n) is 16.3. The standard InChI is InChI=1S/C21H25FN2O3S/c1-4-24(5-2)21(26)16-7-9-17(10-8-16)23-20(25)14-28-13-15-6-11-19(27-3)18(22)12-15/h6-12H,4-5,13-14H2,1-3H3,(H,23,25). The lowest BCUT2D eigenvalue weighted by Gasteiger charge is -2.18. The number of hydrogen-bond donors (Lipinski definition) is 1. The Labute approximate surface area is 169 Å². The lowest BCUT2D eigenvalue weighted by molar-refractivity contribution is -0.113. The molecule has 0 radical (unpaired) electrons. The van der Waals surface area contributed by atoms with Crippen LogP contribution in [0.3, 0.4) is 0 Å². The van der Waals surface area contributed by atoms with Crippen molar-refractivity contribution >= 4 is 29.3 Å². The number of hydrogen-bond acceptors (Lipinski definition) is 4. The number of nitrogens with zero attached hydrogens (tertiary/aromatic N) is 1. The molecular weight excluding hydrogens is 379 g/mol. The number of anilines is 1. The molecule has 0 heterocycles. The molecule has 2 aromatic rings. The summed E-state index contributed by atoms with van der Waals surface area (Å²) in [6, 6.07) is 11.6. The summed E-state index contributed by atoms with van der Waals surface area (Å²) in [7, 11) is 1.42. The maximum Gasteiger partial charge on any atom is 0.253 e. The molecule has 0 aliphatic rings. The molecule has 1 N–H and O–H groups in total. The number of nitrogens with one attached hydrogen (secondary N) is 1. The Morgan fingerprint density at radius 1 is 1.11 bits per heavy atom. The molecule has 0 aliphatic heterocycles. The van der Waals surface area contributed by atoms with E-state index in [1.807, 2.05) is 13.8 Å². The van der Waals surface area contributed by atoms with E-state index < -0.39 is 5.82 Å². The Bertz CT molecular complexity index is 808. The van der Waals surface area contributed by atoms with Crippen molar-refractivity contribution in [3.8, 4) is 5.75 Å². The summed E-state index contributed by atoms with van der Waals surface area (Å²) in [5.41, 5.74) is 2.02. The molecule has 0 atom stereocenters. The van der Waals surface area contributed by atoms with Crippen molar-refractivity contribution < 1.29 is 18.7 Å². The molecular formula is C21H25FN2O3S. The summed E-state index contributed by atoms with van der Waals surface area (Å²) in [5, 5.41) is 2.80. The van der Waals surface area contributed by atoms with E-state index in [9.17, 15) is 14.0 Å². The fourth-order valence-electron chi connectivity index (χ4n) is 2.65. The average molecular weight is 405 g/mol. The van der Waals surface area contributed by atoms with Gasteiger partial charge in [0.15, 0.2) is 11.6 Å². The zero-order valence-corrected chi connectivity index (χ0v) is 17.1. The first-order chi connectivity index (χ1) is 13.5. The maximum atomic E-state index is 13.7. The predicted octanol–water partition coefficient (Wildman–Crippen LogP) is 4.19. The van der Waals surface area contributed by atoms with Crippen molar-refractivity contribution in [1.82, 2.24) is 4.90 Å². The Balaban J connectivity index is 1.83. The Morgan fingerprint density at radius 2 is 1.79 bits per heavy atom. The minimum Gasteiger partial charge on any atom is -0.494 e. The number of thioether (sulfide) groups is 1. The van der Waals surface area contributed by atoms with E-state index in [0.717, 1.165) is 5.56 Å². The quantitative estimate of drug-likeness (QED) is 0.681. The van der Waals surface area contributed by atoms with Crippen LogP contribution in [0.15, 0.2) is 42.5 Å². The number of amides is 2. The monoisotopic (exact) mass is 404 g/mol. The Kier molecular flexibility index (Phi) is 8.32. The molecule has 2 amide bonds. The van der Waals surface area contributed by atoms with Crippen molar-refractivity contribution in [2.24, 2.45) is 0 Å². The van der Waals surface area contributed by atoms with E-state index in [1.54, 1.807) is 41.3 Å². The summed E-state index contributed by atoms with van der Waals surface area (Å²) < 4.78 is 18.6. The molecule has 0 unspecified atom stereocenters. The van der Waals surface area contributed by atoms with E-state index in [4.69, 9.17) is 4.74 Å². The molecule has 0 saturated heterocycles. The van der Waals surface area contributed by atoms with E-state index in [0.29, 0.717) is 30.1 Å². The van der Waals surface area contributed by atoms with Gasteiger partial charge in [0.25, 0.3) is 5.91 Å². The summed E-state index contributed by atoms with van der Waals surface area (Å²) in [6.07, 6.45) is 0. The minimum absolute atomic E-state index is 0.0230. The maximum absolute atomic E-state index is 13.7. The van der Waals surface area contributed by atoms with E-state index >= 15 is 0 Å². The Hall–Kier alpha value is -2.54. The van der Waals surface area contributed by atoms with Crippen LogP contribution in [-0.2, 0) is 10.5 Å². The van der Waals surface area contributed by atoms with Gasteiger partial charge in [0.1, 0.15) is 0 Å². The van der Waals surface area contributed by atoms with E-state index in [-0.39, 0.29) is 23.3 Å². The van der Waals surface area contributed by atoms with Crippen LogP contribution >= 0.6 is 11.8 Å². The predicted molar refractivity (Wildman–Crippen MR) is 111 cm³/mol. The number of methoxy groups -OCH3 is 1. The fraction of sp³-hybridized carbons (Fsp3) is 0.333. The number of halogens is 1. The topological polar surface area (TPSA) is 58.6 Å². The first-order valence-electron chi connectivity index (χ1n) is 9.07. The average Bonchev–Trinajstić information content (AvgIpc) is 2.69. The van der Waals surface area contributed by atoms with Crippen LogP contribution in [0, 0.1) is 5.82 Å². The van der Waals surface area contributed by atoms with Crippen LogP contribution in [-0.4, -0.2) is 42.7 Å². The highest BCUT2D eigenvalue weighted by Crippen LogP contribution is 2.21. The molecule has 0 aromatic heterocycles. The van der Waals surface area contributed by atoms with Crippen molar-refractivity contribution in [1.29, 1.82) is 0 Å². The van der Waals surface area contributed by atoms with Gasteiger partial charge >= 0.3 is 0 Å². The second-order valence-electron chi connectivity index (χ2n) is 6.06. The first-order valence-corrected chi connectivity index (χ1v) is 10.2. The molecule has 0 aliphatic carbocycles. The third-order valence-electron chi connectivity index (χ3n) is 4.18. The lowest BCUT2D eigenvalue weighted by atomic mass is 10.2. The highest BCUT2D eigenvalue weighted by Gasteiger charge is 2.12. The van der Waals surface area contributed by atoms with E-state index in [1.165, 1.54) is 24.9 Å². The fourth-order valence-corrected chi connectivity index (χ4v) is 3.42. The van der Waals surface area contributed by atoms with Crippen LogP contribution in [0.5, 0.6) is 5.75 Å². The van der Waals surface area contributed by atoms with Crippen molar-refractivity contribution in [3.05, 3.63) is 59.4 Å². The van der Waals surface area contributed by atoms with Crippen LogP contribution in [0.4, 0.5) is 10.1 Å². The van der Waals surface area contributed by atoms with Crippen LogP contribution in [0.25, 0.3) is 0 Å². The largest absolute Gasteiger partial charge is 0.494 e. The zero-order chi connectivity index (χ0) is 20.5. The van der Waals surface area contributed by atoms with Crippen LogP contribution in [0.1, 0.15) is 29.8 Å². The first kappa shape index (κ1) is 21.8. The van der Waals surface area contributed by atoms with Gasteiger partial charge in [0.2, 0.25) is 5.91 Å². The van der Waals surface area contributed by atoms with Crippen molar-refractivity contribution in [3.63, 3.8) is 0 Å². The SMILES string of the molecule is CCN(CC)C(=O)c1ccc(NC(=O)CSCc2ccc(OC)c(F)c2)cc1. The second-order valence-corrected chi connectivity index (χ2v) is 7.05. The normalized spacial score (nSPS) is 10.4. The minimum atomic E-state index is -0.413. The number of rotatable bonds is 9. The van der Waals surface area contributed by atoms with Gasteiger partial charge in [-0.2, -0.15) is 0 Å². The molecule has 28 heavy (non-hydrogen) atoms. The summed E-state index contributed by atoms with van der Waals surface area (Å²) in [6.45, 7) is 5.19. The summed E-state index contributed by atoms with van der Waals surface area (Å²) in [5.74, 6) is 0.380. The van der Waals surface area contributed by atoms with Gasteiger partial charge in [-0.3, -0.25) is 9.59 Å². The van der Waals surface area contributed by atoms with Gasteiger partial charge in [0.05, 0.1) is 12.9 Å². The van der Waals surface area contributed by atoms with Crippen LogP contribution in [0.2, 0.25) is 0 Å². The van der Waals surface area contributed by atoms with E-state index in [2.05, 4.69) is 5.32 Å². The smallest absolute Gasteiger partial charge is 0.253 e. The van der Waals surface area contributed by atoms with Crippen LogP contribution < -0.4 is 10.1 Å². The highest BCUT2D eigenvalue weighted by molar-refractivity contribution is 7.99. The number of carbonyl (C=O) groups is 2. The van der Waals surface area contributed by atoms with Gasteiger partial charge in [0, 0.05) is 30.1 Å². The molecule has 5 nitrogen and oxygen atoms in total. The number of carbonyl (C=O) groups excluding carboxylic acids is 2. The third kappa shape index (κ3) is 5.99. The molecule has 0 fully saturated rings. The second kappa shape index (κ2) is 10.7. The molecule has 7 heteroatoms. The van der Waals surface area contributed by atoms with Gasteiger partial charge in [-0.25, -0.2) is 4.39 Å². The van der Waals surface area contributed by atoms with Crippen molar-refractivity contribution in [2.45, 2.75) is 19.6 Å². The molecule has 0 spiro atoms. The molecule has 2 aromatic carbocycles. The van der Waals surface area contributed by atoms with Crippen molar-refractivity contribution in [2.75, 3.05) is 31.3 Å². The molecule has 0 bridgehead atoms. The number of ether oxygens (including phenoxy) is 1. The third-order valence-corrected chi connectivity index (χ3v) is 5.19. The van der Waals surface area contributed by atoms with Gasteiger partial charge < -0.3 is 15.0 Å². The lowest BCUT2D eigenvalue weighted by Crippen LogP contribution is -2.30. The van der Waals surface area contributed by atoms with Gasteiger partial charge in [-0.1, -0.05) is 6.07 Å². The summed E-state index contributed by atoms with van der Waals surface area (Å²) in [4.78, 5) is 26.1. The Morgan fingerprint density at radius 3 is 2.36 bits per heavy atom. The number of benzene rings is 2. The molecule has 150 valence electrons. The van der Waals surface area contributed by atoms with Gasteiger partial charge in [-0.05, 0) is 55.8 Å². The molecule has 0 saturated carbocycles.